The summed E-state index contributed by atoms with van der Waals surface area (Å²) in [5, 5.41) is 2.16. The van der Waals surface area contributed by atoms with Crippen LogP contribution in [0.2, 0.25) is 0 Å². The molecular weight excluding hydrogens is 128 g/mol. The van der Waals surface area contributed by atoms with Crippen molar-refractivity contribution in [2.45, 2.75) is 13.8 Å². The summed E-state index contributed by atoms with van der Waals surface area (Å²) in [5.74, 6) is 0. The molecule has 0 N–H and O–H groups in total. The monoisotopic (exact) mass is 138 g/mol. The molecule has 0 aliphatic carbocycles. The van der Waals surface area contributed by atoms with Gasteiger partial charge in [0.25, 0.3) is 0 Å². The van der Waals surface area contributed by atoms with E-state index in [1.807, 2.05) is 6.92 Å². The fraction of sp³-hybridized carbons (Fsp3) is 0.250. The maximum atomic E-state index is 2.19. The molecule has 1 heterocycles. The van der Waals surface area contributed by atoms with E-state index in [1.165, 1.54) is 10.4 Å². The van der Waals surface area contributed by atoms with Crippen LogP contribution in [0.1, 0.15) is 17.4 Å². The van der Waals surface area contributed by atoms with Crippen LogP contribution in [0.15, 0.2) is 17.5 Å². The summed E-state index contributed by atoms with van der Waals surface area (Å²) in [6.45, 7) is 4.15. The van der Waals surface area contributed by atoms with Crippen molar-refractivity contribution >= 4 is 17.4 Å². The molecule has 0 saturated heterocycles. The first-order chi connectivity index (χ1) is 4.33. The largest absolute Gasteiger partial charge is 0.144 e. The summed E-state index contributed by atoms with van der Waals surface area (Å²) in [6, 6.07) is 2.19. The SMILES string of the molecule is CC=Cc1cc(C)cs1. The second kappa shape index (κ2) is 2.83. The van der Waals surface area contributed by atoms with Crippen LogP contribution in [0.3, 0.4) is 0 Å². The Kier molecular flexibility index (Phi) is 2.06. The summed E-state index contributed by atoms with van der Waals surface area (Å²) in [4.78, 5) is 1.34. The molecule has 0 spiro atoms. The van der Waals surface area contributed by atoms with E-state index >= 15 is 0 Å². The Morgan fingerprint density at radius 3 is 2.78 bits per heavy atom. The second-order valence-electron chi connectivity index (χ2n) is 2.03. The summed E-state index contributed by atoms with van der Waals surface area (Å²) in [6.07, 6.45) is 4.18. The van der Waals surface area contributed by atoms with E-state index in [1.54, 1.807) is 11.3 Å². The maximum absolute atomic E-state index is 2.19. The number of allylic oxidation sites excluding steroid dienone is 1. The zero-order valence-corrected chi connectivity index (χ0v) is 6.53. The van der Waals surface area contributed by atoms with Gasteiger partial charge in [0, 0.05) is 4.88 Å². The molecule has 9 heavy (non-hydrogen) atoms. The third kappa shape index (κ3) is 1.68. The molecule has 0 bridgehead atoms. The molecule has 48 valence electrons. The van der Waals surface area contributed by atoms with Crippen LogP contribution in [-0.4, -0.2) is 0 Å². The quantitative estimate of drug-likeness (QED) is 0.559. The molecule has 0 unspecified atom stereocenters. The fourth-order valence-electron chi connectivity index (χ4n) is 0.705. The number of aryl methyl sites for hydroxylation is 1. The summed E-state index contributed by atoms with van der Waals surface area (Å²) >= 11 is 1.79. The highest BCUT2D eigenvalue weighted by molar-refractivity contribution is 7.11. The van der Waals surface area contributed by atoms with E-state index in [2.05, 4.69) is 30.5 Å². The van der Waals surface area contributed by atoms with Crippen molar-refractivity contribution in [2.75, 3.05) is 0 Å². The molecule has 1 aromatic rings. The Hall–Kier alpha value is -0.560. The van der Waals surface area contributed by atoms with Gasteiger partial charge >= 0.3 is 0 Å². The number of hydrogen-bond donors (Lipinski definition) is 0. The molecule has 0 saturated carbocycles. The predicted octanol–water partition coefficient (Wildman–Crippen LogP) is 3.09. The van der Waals surface area contributed by atoms with Gasteiger partial charge in [-0.2, -0.15) is 0 Å². The van der Waals surface area contributed by atoms with Crippen molar-refractivity contribution in [3.8, 4) is 0 Å². The summed E-state index contributed by atoms with van der Waals surface area (Å²) in [7, 11) is 0. The van der Waals surface area contributed by atoms with Crippen molar-refractivity contribution < 1.29 is 0 Å². The summed E-state index contributed by atoms with van der Waals surface area (Å²) < 4.78 is 0. The molecule has 0 amide bonds. The molecule has 0 nitrogen and oxygen atoms in total. The average Bonchev–Trinajstić information content (AvgIpc) is 2.17. The lowest BCUT2D eigenvalue weighted by Gasteiger charge is -1.76. The molecule has 0 fully saturated rings. The van der Waals surface area contributed by atoms with E-state index in [9.17, 15) is 0 Å². The van der Waals surface area contributed by atoms with E-state index in [0.29, 0.717) is 0 Å². The predicted molar refractivity (Wildman–Crippen MR) is 43.8 cm³/mol. The molecule has 0 aromatic carbocycles. The summed E-state index contributed by atoms with van der Waals surface area (Å²) in [5.41, 5.74) is 1.35. The first-order valence-electron chi connectivity index (χ1n) is 3.01. The molecule has 1 heteroatoms. The highest BCUT2D eigenvalue weighted by Gasteiger charge is 1.87. The van der Waals surface area contributed by atoms with E-state index in [-0.39, 0.29) is 0 Å². The minimum absolute atomic E-state index is 1.34. The van der Waals surface area contributed by atoms with Gasteiger partial charge in [-0.3, -0.25) is 0 Å². The highest BCUT2D eigenvalue weighted by Crippen LogP contribution is 2.14. The Bertz CT molecular complexity index is 208. The van der Waals surface area contributed by atoms with Crippen molar-refractivity contribution in [2.24, 2.45) is 0 Å². The lowest BCUT2D eigenvalue weighted by atomic mass is 10.3. The molecule has 1 aromatic heterocycles. The van der Waals surface area contributed by atoms with Gasteiger partial charge < -0.3 is 0 Å². The minimum atomic E-state index is 1.34. The van der Waals surface area contributed by atoms with Gasteiger partial charge in [0.15, 0.2) is 0 Å². The number of hydrogen-bond acceptors (Lipinski definition) is 1. The van der Waals surface area contributed by atoms with Crippen LogP contribution in [0.25, 0.3) is 6.08 Å². The van der Waals surface area contributed by atoms with E-state index in [0.717, 1.165) is 0 Å². The molecule has 0 radical (unpaired) electrons. The maximum Gasteiger partial charge on any atom is 0.0269 e. The van der Waals surface area contributed by atoms with Gasteiger partial charge in [0.2, 0.25) is 0 Å². The first-order valence-corrected chi connectivity index (χ1v) is 3.88. The van der Waals surface area contributed by atoms with Crippen LogP contribution < -0.4 is 0 Å². The average molecular weight is 138 g/mol. The zero-order valence-electron chi connectivity index (χ0n) is 5.72. The fourth-order valence-corrected chi connectivity index (χ4v) is 1.56. The van der Waals surface area contributed by atoms with Gasteiger partial charge in [-0.1, -0.05) is 6.08 Å². The second-order valence-corrected chi connectivity index (χ2v) is 2.97. The Labute approximate surface area is 59.8 Å². The third-order valence-electron chi connectivity index (χ3n) is 1.08. The first kappa shape index (κ1) is 6.56. The molecule has 0 aliphatic heterocycles. The number of rotatable bonds is 1. The standard InChI is InChI=1S/C8H10S/c1-3-4-8-5-7(2)6-9-8/h3-6H,1-2H3. The van der Waals surface area contributed by atoms with Crippen molar-refractivity contribution in [3.05, 3.63) is 28.0 Å². The van der Waals surface area contributed by atoms with Crippen LogP contribution in [0.5, 0.6) is 0 Å². The minimum Gasteiger partial charge on any atom is -0.144 e. The van der Waals surface area contributed by atoms with Crippen LogP contribution in [0.4, 0.5) is 0 Å². The van der Waals surface area contributed by atoms with Gasteiger partial charge in [0.1, 0.15) is 0 Å². The zero-order chi connectivity index (χ0) is 6.69. The highest BCUT2D eigenvalue weighted by atomic mass is 32.1. The van der Waals surface area contributed by atoms with Crippen LogP contribution in [0, 0.1) is 6.92 Å². The van der Waals surface area contributed by atoms with Gasteiger partial charge in [-0.25, -0.2) is 0 Å². The molecule has 0 atom stereocenters. The lowest BCUT2D eigenvalue weighted by molar-refractivity contribution is 1.55. The van der Waals surface area contributed by atoms with Crippen molar-refractivity contribution in [3.63, 3.8) is 0 Å². The lowest BCUT2D eigenvalue weighted by Crippen LogP contribution is -1.55. The Morgan fingerprint density at radius 1 is 1.56 bits per heavy atom. The normalized spacial score (nSPS) is 10.9. The smallest absolute Gasteiger partial charge is 0.0269 e. The Morgan fingerprint density at radius 2 is 2.33 bits per heavy atom. The van der Waals surface area contributed by atoms with Crippen molar-refractivity contribution in [1.29, 1.82) is 0 Å². The van der Waals surface area contributed by atoms with Crippen molar-refractivity contribution in [1.82, 2.24) is 0 Å². The van der Waals surface area contributed by atoms with E-state index < -0.39 is 0 Å². The number of thiophene rings is 1. The van der Waals surface area contributed by atoms with Gasteiger partial charge in [0.05, 0.1) is 0 Å². The van der Waals surface area contributed by atoms with Gasteiger partial charge in [-0.15, -0.1) is 11.3 Å². The van der Waals surface area contributed by atoms with Crippen LogP contribution >= 0.6 is 11.3 Å². The Balaban J connectivity index is 2.85. The molecular formula is C8H10S. The molecule has 0 aliphatic rings. The van der Waals surface area contributed by atoms with Gasteiger partial charge in [-0.05, 0) is 36.9 Å². The topological polar surface area (TPSA) is 0 Å². The molecule has 1 rings (SSSR count). The van der Waals surface area contributed by atoms with E-state index in [4.69, 9.17) is 0 Å². The third-order valence-corrected chi connectivity index (χ3v) is 2.10. The van der Waals surface area contributed by atoms with Crippen LogP contribution in [-0.2, 0) is 0 Å².